The van der Waals surface area contributed by atoms with Gasteiger partial charge in [-0.05, 0) is 18.6 Å². The lowest BCUT2D eigenvalue weighted by Crippen LogP contribution is -2.28. The number of nitrogens with one attached hydrogen (secondary N) is 1. The summed E-state index contributed by atoms with van der Waals surface area (Å²) in [5.74, 6) is 0. The lowest BCUT2D eigenvalue weighted by molar-refractivity contribution is 0.520. The van der Waals surface area contributed by atoms with Crippen molar-refractivity contribution >= 4 is 5.69 Å². The van der Waals surface area contributed by atoms with Crippen LogP contribution in [-0.4, -0.2) is 12.6 Å². The zero-order valence-electron chi connectivity index (χ0n) is 18.8. The first-order valence-corrected chi connectivity index (χ1v) is 12.4. The van der Waals surface area contributed by atoms with Gasteiger partial charge in [-0.25, -0.2) is 0 Å². The second-order valence-corrected chi connectivity index (χ2v) is 8.53. The summed E-state index contributed by atoms with van der Waals surface area (Å²) in [7, 11) is 0. The lowest BCUT2D eigenvalue weighted by Gasteiger charge is -2.18. The molecule has 0 fully saturated rings. The predicted octanol–water partition coefficient (Wildman–Crippen LogP) is 8.08. The largest absolute Gasteiger partial charge is 0.381 e. The Labute approximate surface area is 176 Å². The van der Waals surface area contributed by atoms with E-state index in [2.05, 4.69) is 42.6 Å². The van der Waals surface area contributed by atoms with Crippen molar-refractivity contribution < 1.29 is 0 Å². The molecule has 1 rings (SSSR count). The van der Waals surface area contributed by atoms with Gasteiger partial charge in [0.05, 0.1) is 0 Å². The maximum atomic E-state index is 5.92. The number of hydrogen-bond acceptors (Lipinski definition) is 2. The molecule has 0 aliphatic heterocycles. The van der Waals surface area contributed by atoms with Gasteiger partial charge in [0.15, 0.2) is 0 Å². The molecule has 0 aliphatic carbocycles. The molecule has 0 saturated heterocycles. The first kappa shape index (κ1) is 25.0. The maximum Gasteiger partial charge on any atom is 0.0383 e. The molecule has 2 nitrogen and oxygen atoms in total. The third-order valence-electron chi connectivity index (χ3n) is 5.84. The van der Waals surface area contributed by atoms with Crippen molar-refractivity contribution in [3.05, 3.63) is 30.3 Å². The summed E-state index contributed by atoms with van der Waals surface area (Å²) >= 11 is 0. The topological polar surface area (TPSA) is 38.0 Å². The fraction of sp³-hybridized carbons (Fsp3) is 0.769. The van der Waals surface area contributed by atoms with Gasteiger partial charge < -0.3 is 11.1 Å². The van der Waals surface area contributed by atoms with Crippen LogP contribution in [0.15, 0.2) is 30.3 Å². The van der Waals surface area contributed by atoms with Gasteiger partial charge in [0.25, 0.3) is 0 Å². The van der Waals surface area contributed by atoms with Crippen LogP contribution in [-0.2, 0) is 0 Å². The Kier molecular flexibility index (Phi) is 17.2. The van der Waals surface area contributed by atoms with E-state index in [4.69, 9.17) is 5.73 Å². The van der Waals surface area contributed by atoms with Gasteiger partial charge in [0, 0.05) is 18.3 Å². The molecule has 1 atom stereocenters. The van der Waals surface area contributed by atoms with E-state index in [1.54, 1.807) is 0 Å². The molecular formula is C26H48N2. The lowest BCUT2D eigenvalue weighted by atomic mass is 10.0. The minimum Gasteiger partial charge on any atom is -0.381 e. The summed E-state index contributed by atoms with van der Waals surface area (Å²) in [6.45, 7) is 3.01. The Bertz CT molecular complexity index is 418. The quantitative estimate of drug-likeness (QED) is 0.221. The molecule has 0 aromatic heterocycles. The molecular weight excluding hydrogens is 340 g/mol. The smallest absolute Gasteiger partial charge is 0.0383 e. The van der Waals surface area contributed by atoms with Crippen LogP contribution in [0, 0.1) is 0 Å². The second kappa shape index (κ2) is 19.3. The highest BCUT2D eigenvalue weighted by Crippen LogP contribution is 2.15. The van der Waals surface area contributed by atoms with Gasteiger partial charge in [-0.3, -0.25) is 0 Å². The van der Waals surface area contributed by atoms with Gasteiger partial charge in [0.2, 0.25) is 0 Å². The molecule has 0 radical (unpaired) electrons. The summed E-state index contributed by atoms with van der Waals surface area (Å²) in [5, 5.41) is 3.56. The van der Waals surface area contributed by atoms with Gasteiger partial charge in [-0.15, -0.1) is 0 Å². The van der Waals surface area contributed by atoms with Crippen molar-refractivity contribution in [3.8, 4) is 0 Å². The monoisotopic (exact) mass is 388 g/mol. The van der Waals surface area contributed by atoms with Crippen LogP contribution in [0.3, 0.4) is 0 Å². The number of anilines is 1. The SMILES string of the molecule is CCCCCCCCCCCCCCCCCCC(CN)Nc1ccccc1. The summed E-state index contributed by atoms with van der Waals surface area (Å²) < 4.78 is 0. The minimum absolute atomic E-state index is 0.411. The number of hydrogen-bond donors (Lipinski definition) is 2. The van der Waals surface area contributed by atoms with Crippen molar-refractivity contribution in [1.82, 2.24) is 0 Å². The standard InChI is InChI=1S/C26H48N2/c1-2-3-4-5-6-7-8-9-10-11-12-13-14-15-16-18-23-26(24-27)28-25-21-19-17-20-22-25/h17,19-22,26,28H,2-16,18,23-24,27H2,1H3. The normalized spacial score (nSPS) is 12.2. The number of nitrogens with two attached hydrogens (primary N) is 1. The minimum atomic E-state index is 0.411. The van der Waals surface area contributed by atoms with E-state index >= 15 is 0 Å². The van der Waals surface area contributed by atoms with E-state index < -0.39 is 0 Å². The average molecular weight is 389 g/mol. The highest BCUT2D eigenvalue weighted by atomic mass is 14.9. The first-order valence-electron chi connectivity index (χ1n) is 12.4. The molecule has 0 amide bonds. The Morgan fingerprint density at radius 3 is 1.50 bits per heavy atom. The van der Waals surface area contributed by atoms with Crippen LogP contribution >= 0.6 is 0 Å². The Balaban J connectivity index is 1.81. The summed E-state index contributed by atoms with van der Waals surface area (Å²) in [4.78, 5) is 0. The van der Waals surface area contributed by atoms with Gasteiger partial charge in [-0.1, -0.05) is 128 Å². The fourth-order valence-corrected chi connectivity index (χ4v) is 3.96. The Morgan fingerprint density at radius 1 is 0.643 bits per heavy atom. The highest BCUT2D eigenvalue weighted by Gasteiger charge is 2.05. The average Bonchev–Trinajstić information content (AvgIpc) is 2.73. The molecule has 0 heterocycles. The molecule has 0 saturated carbocycles. The molecule has 3 N–H and O–H groups in total. The fourth-order valence-electron chi connectivity index (χ4n) is 3.96. The highest BCUT2D eigenvalue weighted by molar-refractivity contribution is 5.43. The molecule has 1 aromatic rings. The van der Waals surface area contributed by atoms with Gasteiger partial charge in [0.1, 0.15) is 0 Å². The van der Waals surface area contributed by atoms with Crippen LogP contribution in [0.5, 0.6) is 0 Å². The van der Waals surface area contributed by atoms with E-state index in [1.165, 1.54) is 115 Å². The summed E-state index contributed by atoms with van der Waals surface area (Å²) in [6.07, 6.45) is 24.0. The number of para-hydroxylation sites is 1. The van der Waals surface area contributed by atoms with E-state index in [9.17, 15) is 0 Å². The first-order chi connectivity index (χ1) is 13.9. The predicted molar refractivity (Wildman–Crippen MR) is 127 cm³/mol. The van der Waals surface area contributed by atoms with Gasteiger partial charge in [-0.2, -0.15) is 0 Å². The van der Waals surface area contributed by atoms with Crippen LogP contribution < -0.4 is 11.1 Å². The van der Waals surface area contributed by atoms with Crippen LogP contribution in [0.1, 0.15) is 116 Å². The van der Waals surface area contributed by atoms with Crippen molar-refractivity contribution in [2.45, 2.75) is 122 Å². The van der Waals surface area contributed by atoms with Crippen LogP contribution in [0.25, 0.3) is 0 Å². The number of unbranched alkanes of at least 4 members (excludes halogenated alkanes) is 15. The van der Waals surface area contributed by atoms with E-state index in [0.717, 1.165) is 0 Å². The molecule has 0 bridgehead atoms. The molecule has 2 heteroatoms. The Hall–Kier alpha value is -1.02. The Morgan fingerprint density at radius 2 is 1.07 bits per heavy atom. The molecule has 162 valence electrons. The van der Waals surface area contributed by atoms with E-state index in [0.29, 0.717) is 12.6 Å². The third-order valence-corrected chi connectivity index (χ3v) is 5.84. The molecule has 1 unspecified atom stereocenters. The summed E-state index contributed by atoms with van der Waals surface area (Å²) in [5.41, 5.74) is 7.11. The van der Waals surface area contributed by atoms with E-state index in [1.807, 2.05) is 0 Å². The maximum absolute atomic E-state index is 5.92. The number of rotatable bonds is 20. The van der Waals surface area contributed by atoms with Gasteiger partial charge >= 0.3 is 0 Å². The van der Waals surface area contributed by atoms with Crippen LogP contribution in [0.2, 0.25) is 0 Å². The number of benzene rings is 1. The van der Waals surface area contributed by atoms with Crippen molar-refractivity contribution in [1.29, 1.82) is 0 Å². The summed E-state index contributed by atoms with van der Waals surface area (Å²) in [6, 6.07) is 10.9. The zero-order valence-corrected chi connectivity index (χ0v) is 18.8. The van der Waals surface area contributed by atoms with Crippen molar-refractivity contribution in [2.24, 2.45) is 5.73 Å². The van der Waals surface area contributed by atoms with Crippen molar-refractivity contribution in [3.63, 3.8) is 0 Å². The third kappa shape index (κ3) is 15.0. The van der Waals surface area contributed by atoms with Crippen molar-refractivity contribution in [2.75, 3.05) is 11.9 Å². The molecule has 0 aliphatic rings. The second-order valence-electron chi connectivity index (χ2n) is 8.53. The van der Waals surface area contributed by atoms with Crippen LogP contribution in [0.4, 0.5) is 5.69 Å². The molecule has 1 aromatic carbocycles. The van der Waals surface area contributed by atoms with E-state index in [-0.39, 0.29) is 0 Å². The molecule has 28 heavy (non-hydrogen) atoms. The molecule has 0 spiro atoms. The zero-order chi connectivity index (χ0) is 20.1.